The standard InChI is InChI=1S/C28H38N2O/c1-2-3-4-5-6-7-8-9-10-11-12-13-14-15-16-17-18-19-20-24-28(31)30-26-27-23-21-22-25-29-27/h3-4,6-7,9-10,12-13,15-16,18-19,21-23,25H,2,5,8,11,14,17,20,24,26H2,1H3,(H,30,31). The molecule has 0 spiro atoms. The van der Waals surface area contributed by atoms with Gasteiger partial charge in [-0.05, 0) is 57.1 Å². The summed E-state index contributed by atoms with van der Waals surface area (Å²) in [6, 6.07) is 5.70. The average Bonchev–Trinajstić information content (AvgIpc) is 2.80. The topological polar surface area (TPSA) is 42.0 Å². The molecule has 0 unspecified atom stereocenters. The number of aromatic nitrogens is 1. The SMILES string of the molecule is CCC=CCC=CCC=CCC=CCC=CCC=CCCC(=O)NCc1ccccn1. The third kappa shape index (κ3) is 17.6. The molecule has 0 saturated carbocycles. The van der Waals surface area contributed by atoms with Crippen LogP contribution in [0.15, 0.2) is 97.3 Å². The summed E-state index contributed by atoms with van der Waals surface area (Å²) in [5, 5.41) is 2.89. The first-order valence-electron chi connectivity index (χ1n) is 11.4. The molecule has 1 heterocycles. The van der Waals surface area contributed by atoms with E-state index in [2.05, 4.69) is 90.1 Å². The fourth-order valence-corrected chi connectivity index (χ4v) is 2.63. The van der Waals surface area contributed by atoms with E-state index in [9.17, 15) is 4.79 Å². The molecule has 1 aromatic rings. The number of hydrogen-bond donors (Lipinski definition) is 1. The lowest BCUT2D eigenvalue weighted by Crippen LogP contribution is -2.22. The number of rotatable bonds is 16. The van der Waals surface area contributed by atoms with Crippen LogP contribution < -0.4 is 5.32 Å². The molecule has 1 rings (SSSR count). The van der Waals surface area contributed by atoms with Crippen LogP contribution in [0.4, 0.5) is 0 Å². The molecule has 166 valence electrons. The van der Waals surface area contributed by atoms with Crippen LogP contribution >= 0.6 is 0 Å². The first-order chi connectivity index (χ1) is 15.3. The Morgan fingerprint density at radius 1 is 0.774 bits per heavy atom. The summed E-state index contributed by atoms with van der Waals surface area (Å²) in [6.07, 6.45) is 35.2. The van der Waals surface area contributed by atoms with Crippen LogP contribution in [0.1, 0.15) is 64.0 Å². The molecule has 0 bridgehead atoms. The van der Waals surface area contributed by atoms with Gasteiger partial charge >= 0.3 is 0 Å². The number of allylic oxidation sites excluding steroid dienone is 12. The molecule has 1 amide bonds. The first kappa shape index (κ1) is 26.1. The van der Waals surface area contributed by atoms with E-state index in [1.165, 1.54) is 0 Å². The van der Waals surface area contributed by atoms with Crippen molar-refractivity contribution >= 4 is 5.91 Å². The van der Waals surface area contributed by atoms with E-state index >= 15 is 0 Å². The third-order valence-corrected chi connectivity index (χ3v) is 4.33. The first-order valence-corrected chi connectivity index (χ1v) is 11.4. The molecule has 0 radical (unpaired) electrons. The molecular weight excluding hydrogens is 380 g/mol. The monoisotopic (exact) mass is 418 g/mol. The number of amides is 1. The molecule has 1 aromatic heterocycles. The molecule has 0 atom stereocenters. The van der Waals surface area contributed by atoms with E-state index in [-0.39, 0.29) is 5.91 Å². The van der Waals surface area contributed by atoms with E-state index in [0.717, 1.165) is 50.6 Å². The van der Waals surface area contributed by atoms with Crippen LogP contribution in [-0.2, 0) is 11.3 Å². The minimum Gasteiger partial charge on any atom is -0.350 e. The normalized spacial score (nSPS) is 12.5. The fourth-order valence-electron chi connectivity index (χ4n) is 2.63. The Morgan fingerprint density at radius 3 is 1.77 bits per heavy atom. The molecule has 3 nitrogen and oxygen atoms in total. The molecule has 0 fully saturated rings. The van der Waals surface area contributed by atoms with Gasteiger partial charge in [0.15, 0.2) is 0 Å². The Morgan fingerprint density at radius 2 is 1.29 bits per heavy atom. The number of nitrogens with one attached hydrogen (secondary N) is 1. The number of carbonyl (C=O) groups is 1. The maximum atomic E-state index is 11.8. The lowest BCUT2D eigenvalue weighted by Gasteiger charge is -2.03. The Balaban J connectivity index is 1.96. The molecule has 0 aliphatic rings. The molecular formula is C28H38N2O. The van der Waals surface area contributed by atoms with Gasteiger partial charge in [0, 0.05) is 12.6 Å². The van der Waals surface area contributed by atoms with Gasteiger partial charge in [0.2, 0.25) is 5.91 Å². The second kappa shape index (κ2) is 20.3. The molecule has 0 aliphatic heterocycles. The van der Waals surface area contributed by atoms with Crippen molar-refractivity contribution in [3.8, 4) is 0 Å². The van der Waals surface area contributed by atoms with Crippen LogP contribution in [0.3, 0.4) is 0 Å². The van der Waals surface area contributed by atoms with Crippen molar-refractivity contribution in [2.24, 2.45) is 0 Å². The van der Waals surface area contributed by atoms with Crippen molar-refractivity contribution < 1.29 is 4.79 Å². The number of carbonyl (C=O) groups excluding carboxylic acids is 1. The Labute approximate surface area is 189 Å². The lowest BCUT2D eigenvalue weighted by molar-refractivity contribution is -0.121. The fraction of sp³-hybridized carbons (Fsp3) is 0.357. The third-order valence-electron chi connectivity index (χ3n) is 4.33. The van der Waals surface area contributed by atoms with Crippen molar-refractivity contribution in [3.63, 3.8) is 0 Å². The molecule has 0 aliphatic carbocycles. The van der Waals surface area contributed by atoms with Gasteiger partial charge in [-0.25, -0.2) is 0 Å². The largest absolute Gasteiger partial charge is 0.350 e. The second-order valence-corrected chi connectivity index (χ2v) is 7.05. The van der Waals surface area contributed by atoms with Crippen LogP contribution in [0.25, 0.3) is 0 Å². The number of pyridine rings is 1. The number of nitrogens with zero attached hydrogens (tertiary/aromatic N) is 1. The van der Waals surface area contributed by atoms with Crippen LogP contribution in [0.5, 0.6) is 0 Å². The van der Waals surface area contributed by atoms with Gasteiger partial charge in [-0.3, -0.25) is 9.78 Å². The van der Waals surface area contributed by atoms with E-state index in [1.54, 1.807) is 6.20 Å². The van der Waals surface area contributed by atoms with Crippen molar-refractivity contribution in [2.75, 3.05) is 0 Å². The Hall–Kier alpha value is -2.94. The van der Waals surface area contributed by atoms with Crippen molar-refractivity contribution in [1.29, 1.82) is 0 Å². The zero-order valence-corrected chi connectivity index (χ0v) is 19.0. The summed E-state index contributed by atoms with van der Waals surface area (Å²) >= 11 is 0. The highest BCUT2D eigenvalue weighted by Gasteiger charge is 1.99. The minimum absolute atomic E-state index is 0.0604. The molecule has 0 saturated heterocycles. The van der Waals surface area contributed by atoms with Crippen LogP contribution in [0.2, 0.25) is 0 Å². The van der Waals surface area contributed by atoms with Gasteiger partial charge in [-0.15, -0.1) is 0 Å². The summed E-state index contributed by atoms with van der Waals surface area (Å²) in [7, 11) is 0. The minimum atomic E-state index is 0.0604. The van der Waals surface area contributed by atoms with Crippen molar-refractivity contribution in [1.82, 2.24) is 10.3 Å². The van der Waals surface area contributed by atoms with E-state index in [1.807, 2.05) is 18.2 Å². The zero-order chi connectivity index (χ0) is 22.2. The maximum absolute atomic E-state index is 11.8. The van der Waals surface area contributed by atoms with E-state index < -0.39 is 0 Å². The average molecular weight is 419 g/mol. The van der Waals surface area contributed by atoms with Gasteiger partial charge in [0.05, 0.1) is 12.2 Å². The van der Waals surface area contributed by atoms with Gasteiger partial charge in [0.25, 0.3) is 0 Å². The van der Waals surface area contributed by atoms with Gasteiger partial charge in [0.1, 0.15) is 0 Å². The molecule has 0 aromatic carbocycles. The molecule has 31 heavy (non-hydrogen) atoms. The van der Waals surface area contributed by atoms with Crippen LogP contribution in [0, 0.1) is 0 Å². The zero-order valence-electron chi connectivity index (χ0n) is 19.0. The summed E-state index contributed by atoms with van der Waals surface area (Å²) in [5.41, 5.74) is 0.879. The number of hydrogen-bond acceptors (Lipinski definition) is 2. The summed E-state index contributed by atoms with van der Waals surface area (Å²) in [6.45, 7) is 2.64. The predicted molar refractivity (Wildman–Crippen MR) is 134 cm³/mol. The van der Waals surface area contributed by atoms with Crippen molar-refractivity contribution in [2.45, 2.75) is 64.8 Å². The lowest BCUT2D eigenvalue weighted by atomic mass is 10.2. The van der Waals surface area contributed by atoms with Crippen molar-refractivity contribution in [3.05, 3.63) is 103 Å². The van der Waals surface area contributed by atoms with E-state index in [4.69, 9.17) is 0 Å². The molecule has 3 heteroatoms. The van der Waals surface area contributed by atoms with Crippen LogP contribution in [-0.4, -0.2) is 10.9 Å². The Kier molecular flexibility index (Phi) is 17.1. The van der Waals surface area contributed by atoms with Gasteiger partial charge in [-0.1, -0.05) is 85.9 Å². The smallest absolute Gasteiger partial charge is 0.220 e. The summed E-state index contributed by atoms with van der Waals surface area (Å²) < 4.78 is 0. The molecule has 1 N–H and O–H groups in total. The highest BCUT2D eigenvalue weighted by Crippen LogP contribution is 1.98. The highest BCUT2D eigenvalue weighted by atomic mass is 16.1. The maximum Gasteiger partial charge on any atom is 0.220 e. The highest BCUT2D eigenvalue weighted by molar-refractivity contribution is 5.75. The quantitative estimate of drug-likeness (QED) is 0.289. The summed E-state index contributed by atoms with van der Waals surface area (Å²) in [4.78, 5) is 16.0. The Bertz CT molecular complexity index is 740. The van der Waals surface area contributed by atoms with Gasteiger partial charge in [-0.2, -0.15) is 0 Å². The summed E-state index contributed by atoms with van der Waals surface area (Å²) in [5.74, 6) is 0.0604. The van der Waals surface area contributed by atoms with E-state index in [0.29, 0.717) is 13.0 Å². The predicted octanol–water partition coefficient (Wildman–Crippen LogP) is 7.18. The van der Waals surface area contributed by atoms with Gasteiger partial charge < -0.3 is 5.32 Å². The second-order valence-electron chi connectivity index (χ2n) is 7.05.